The van der Waals surface area contributed by atoms with E-state index < -0.39 is 6.10 Å². The molecule has 0 aliphatic rings. The van der Waals surface area contributed by atoms with Gasteiger partial charge in [-0.2, -0.15) is 0 Å². The lowest BCUT2D eigenvalue weighted by Crippen LogP contribution is -2.30. The molecular weight excluding hydrogens is 709 g/mol. The van der Waals surface area contributed by atoms with Crippen molar-refractivity contribution >= 4 is 17.9 Å². The summed E-state index contributed by atoms with van der Waals surface area (Å²) in [5.74, 6) is -0.971. The molecule has 0 amide bonds. The van der Waals surface area contributed by atoms with Gasteiger partial charge in [-0.1, -0.05) is 169 Å². The molecule has 0 fully saturated rings. The van der Waals surface area contributed by atoms with Crippen LogP contribution in [0.15, 0.2) is 97.2 Å². The molecule has 0 saturated heterocycles. The molecule has 322 valence electrons. The number of rotatable bonds is 39. The lowest BCUT2D eigenvalue weighted by molar-refractivity contribution is -0.167. The fraction of sp³-hybridized carbons (Fsp3) is 0.627. The van der Waals surface area contributed by atoms with Crippen molar-refractivity contribution in [1.82, 2.24) is 0 Å². The highest BCUT2D eigenvalue weighted by Crippen LogP contribution is 2.12. The fourth-order valence-corrected chi connectivity index (χ4v) is 5.72. The van der Waals surface area contributed by atoms with Crippen molar-refractivity contribution in [3.05, 3.63) is 97.2 Å². The fourth-order valence-electron chi connectivity index (χ4n) is 5.72. The molecule has 57 heavy (non-hydrogen) atoms. The Morgan fingerprint density at radius 3 is 1.05 bits per heavy atom. The van der Waals surface area contributed by atoms with Gasteiger partial charge in [0, 0.05) is 19.3 Å². The Hall–Kier alpha value is -3.67. The van der Waals surface area contributed by atoms with Crippen LogP contribution in [0.25, 0.3) is 0 Å². The van der Waals surface area contributed by atoms with Crippen LogP contribution in [0, 0.1) is 0 Å². The Morgan fingerprint density at radius 2 is 0.684 bits per heavy atom. The summed E-state index contributed by atoms with van der Waals surface area (Å²) in [5.41, 5.74) is 0. The average molecular weight is 791 g/mol. The van der Waals surface area contributed by atoms with Crippen LogP contribution in [0.5, 0.6) is 0 Å². The van der Waals surface area contributed by atoms with Crippen LogP contribution in [-0.2, 0) is 28.6 Å². The Balaban J connectivity index is 4.34. The van der Waals surface area contributed by atoms with Crippen LogP contribution in [0.2, 0.25) is 0 Å². The molecule has 0 aliphatic heterocycles. The molecular formula is C51H82O6. The second kappa shape index (κ2) is 45.0. The number of ether oxygens (including phenoxy) is 3. The van der Waals surface area contributed by atoms with Gasteiger partial charge in [0.1, 0.15) is 13.2 Å². The second-order valence-electron chi connectivity index (χ2n) is 14.5. The summed E-state index contributed by atoms with van der Waals surface area (Å²) in [4.78, 5) is 37.5. The summed E-state index contributed by atoms with van der Waals surface area (Å²) in [6, 6.07) is 0. The van der Waals surface area contributed by atoms with E-state index in [4.69, 9.17) is 14.2 Å². The van der Waals surface area contributed by atoms with E-state index in [2.05, 4.69) is 118 Å². The highest BCUT2D eigenvalue weighted by atomic mass is 16.6. The third kappa shape index (κ3) is 43.3. The van der Waals surface area contributed by atoms with E-state index in [-0.39, 0.29) is 31.1 Å². The quantitative estimate of drug-likeness (QED) is 0.0267. The number of hydrogen-bond acceptors (Lipinski definition) is 6. The third-order valence-electron chi connectivity index (χ3n) is 9.08. The highest BCUT2D eigenvalue weighted by Gasteiger charge is 2.19. The van der Waals surface area contributed by atoms with Crippen LogP contribution in [0.1, 0.15) is 188 Å². The Kier molecular flexibility index (Phi) is 42.1. The smallest absolute Gasteiger partial charge is 0.306 e. The average Bonchev–Trinajstić information content (AvgIpc) is 3.21. The molecule has 0 heterocycles. The molecule has 6 nitrogen and oxygen atoms in total. The standard InChI is InChI=1S/C51H82O6/c1-4-7-10-13-15-17-19-21-23-25-27-29-31-33-35-38-41-44-50(53)56-47-48(46-55-49(52)43-40-37-12-9-6-3)57-51(54)45-42-39-36-34-32-30-28-26-24-22-20-18-16-14-11-8-5-2/h7-8,10-11,15-18,21-24,27-30,48H,4-6,9,12-14,19-20,25-26,31-47H2,1-3H3/b10-7-,11-8-,17-15-,18-16-,23-21-,24-22-,29-27-,30-28-. The van der Waals surface area contributed by atoms with E-state index in [0.29, 0.717) is 19.3 Å². The van der Waals surface area contributed by atoms with E-state index in [1.807, 2.05) is 0 Å². The zero-order valence-electron chi connectivity index (χ0n) is 36.6. The van der Waals surface area contributed by atoms with Gasteiger partial charge in [-0.15, -0.1) is 0 Å². The maximum atomic E-state index is 12.7. The van der Waals surface area contributed by atoms with Crippen LogP contribution in [0.3, 0.4) is 0 Å². The predicted molar refractivity (Wildman–Crippen MR) is 242 cm³/mol. The predicted octanol–water partition coefficient (Wildman–Crippen LogP) is 14.6. The molecule has 0 N–H and O–H groups in total. The van der Waals surface area contributed by atoms with Crippen LogP contribution < -0.4 is 0 Å². The van der Waals surface area contributed by atoms with Crippen molar-refractivity contribution in [2.75, 3.05) is 13.2 Å². The maximum Gasteiger partial charge on any atom is 0.306 e. The number of carbonyl (C=O) groups excluding carboxylic acids is 3. The van der Waals surface area contributed by atoms with Crippen molar-refractivity contribution in [2.45, 2.75) is 194 Å². The van der Waals surface area contributed by atoms with Gasteiger partial charge in [-0.05, 0) is 96.3 Å². The summed E-state index contributed by atoms with van der Waals surface area (Å²) >= 11 is 0. The molecule has 6 heteroatoms. The maximum absolute atomic E-state index is 12.7. The summed E-state index contributed by atoms with van der Waals surface area (Å²) in [6.07, 6.45) is 58.5. The third-order valence-corrected chi connectivity index (χ3v) is 9.08. The first-order chi connectivity index (χ1) is 28.0. The van der Waals surface area contributed by atoms with Gasteiger partial charge in [0.2, 0.25) is 0 Å². The zero-order chi connectivity index (χ0) is 41.5. The minimum absolute atomic E-state index is 0.0982. The first-order valence-electron chi connectivity index (χ1n) is 22.7. The molecule has 0 saturated carbocycles. The van der Waals surface area contributed by atoms with Crippen LogP contribution in [0.4, 0.5) is 0 Å². The van der Waals surface area contributed by atoms with Crippen molar-refractivity contribution < 1.29 is 28.6 Å². The molecule has 0 rings (SSSR count). The van der Waals surface area contributed by atoms with Gasteiger partial charge in [-0.3, -0.25) is 14.4 Å². The lowest BCUT2D eigenvalue weighted by Gasteiger charge is -2.18. The van der Waals surface area contributed by atoms with Crippen molar-refractivity contribution in [3.8, 4) is 0 Å². The van der Waals surface area contributed by atoms with Gasteiger partial charge in [0.15, 0.2) is 6.10 Å². The second-order valence-corrected chi connectivity index (χ2v) is 14.5. The van der Waals surface area contributed by atoms with Crippen molar-refractivity contribution in [1.29, 1.82) is 0 Å². The van der Waals surface area contributed by atoms with Crippen molar-refractivity contribution in [2.24, 2.45) is 0 Å². The first kappa shape index (κ1) is 53.3. The molecule has 0 aromatic carbocycles. The topological polar surface area (TPSA) is 78.9 Å². The minimum Gasteiger partial charge on any atom is -0.462 e. The van der Waals surface area contributed by atoms with E-state index in [9.17, 15) is 14.4 Å². The first-order valence-corrected chi connectivity index (χ1v) is 22.7. The normalized spacial score (nSPS) is 13.0. The van der Waals surface area contributed by atoms with Crippen LogP contribution in [-0.4, -0.2) is 37.2 Å². The number of unbranched alkanes of at least 4 members (excludes halogenated alkanes) is 12. The largest absolute Gasteiger partial charge is 0.462 e. The minimum atomic E-state index is -0.797. The summed E-state index contributed by atoms with van der Waals surface area (Å²) in [7, 11) is 0. The molecule has 0 aromatic heterocycles. The number of esters is 3. The van der Waals surface area contributed by atoms with Gasteiger partial charge in [0.05, 0.1) is 0 Å². The molecule has 1 atom stereocenters. The summed E-state index contributed by atoms with van der Waals surface area (Å²) in [6.45, 7) is 6.25. The molecule has 0 aromatic rings. The van der Waals surface area contributed by atoms with E-state index in [1.165, 1.54) is 0 Å². The lowest BCUT2D eigenvalue weighted by atomic mass is 10.1. The van der Waals surface area contributed by atoms with Gasteiger partial charge < -0.3 is 14.2 Å². The highest BCUT2D eigenvalue weighted by molar-refractivity contribution is 5.71. The summed E-state index contributed by atoms with van der Waals surface area (Å²) < 4.78 is 16.6. The van der Waals surface area contributed by atoms with Gasteiger partial charge in [-0.25, -0.2) is 0 Å². The van der Waals surface area contributed by atoms with Crippen molar-refractivity contribution in [3.63, 3.8) is 0 Å². The van der Waals surface area contributed by atoms with Gasteiger partial charge >= 0.3 is 17.9 Å². The molecule has 0 bridgehead atoms. The number of carbonyl (C=O) groups is 3. The van der Waals surface area contributed by atoms with Gasteiger partial charge in [0.25, 0.3) is 0 Å². The van der Waals surface area contributed by atoms with E-state index in [1.54, 1.807) is 0 Å². The Bertz CT molecular complexity index is 1180. The van der Waals surface area contributed by atoms with Crippen LogP contribution >= 0.6 is 0 Å². The SMILES string of the molecule is CC/C=C\C/C=C\C/C=C\C/C=C\CCCCCCC(=O)OCC(COC(=O)CCCCCCC)OC(=O)CCCCCC/C=C\C/C=C\C/C=C\C/C=C\CC. The van der Waals surface area contributed by atoms with E-state index >= 15 is 0 Å². The monoisotopic (exact) mass is 791 g/mol. The molecule has 0 aliphatic carbocycles. The number of allylic oxidation sites excluding steroid dienone is 16. The zero-order valence-corrected chi connectivity index (χ0v) is 36.6. The Labute approximate surface area is 349 Å². The van der Waals surface area contributed by atoms with E-state index in [0.717, 1.165) is 148 Å². The Morgan fingerprint density at radius 1 is 0.368 bits per heavy atom. The number of hydrogen-bond donors (Lipinski definition) is 0. The molecule has 0 spiro atoms. The summed E-state index contributed by atoms with van der Waals surface area (Å²) in [5, 5.41) is 0. The molecule has 1 unspecified atom stereocenters. The molecule has 0 radical (unpaired) electrons.